The number of rotatable bonds is 6. The Labute approximate surface area is 410 Å². The second kappa shape index (κ2) is 17.2. The van der Waals surface area contributed by atoms with Crippen molar-refractivity contribution >= 4 is 14.0 Å². The standard InChI is InChI=1S/C33H33.C17H23.C12H10.2ClH.Zr/c1-32(2,3)30-20-26-24(18-28(30)22-13-9-7-10-14-22)17-25-19-29(23-15-11-8-12-16-23)31(21-27(25)26)33(4,5)6;1-11-3-4-14(5-11)17(2)15-7-12-6-13(9-15)10-16(17)8-12;1-2-10-7-8-11-5-3-4-6-12(11)9-10;;;/h7-21H,1-6H3;4-5,11-13,15-16H,6-10H2,1-2H3;3-9H,1H3;2*1H;/q;;;;;+2/p-2. The summed E-state index contributed by atoms with van der Waals surface area (Å²) in [6.45, 7) is 22.4. The van der Waals surface area contributed by atoms with Crippen LogP contribution in [0.15, 0.2) is 148 Å². The van der Waals surface area contributed by atoms with E-state index in [9.17, 15) is 0 Å². The summed E-state index contributed by atoms with van der Waals surface area (Å²) in [4.78, 5) is 0. The molecular weight excluding hydrogens is 907 g/mol. The molecule has 12 rings (SSSR count). The molecule has 1 unspecified atom stereocenters. The van der Waals surface area contributed by atoms with Crippen molar-refractivity contribution in [3.05, 3.63) is 176 Å². The normalized spacial score (nSPS) is 24.4. The van der Waals surface area contributed by atoms with Crippen LogP contribution in [0.5, 0.6) is 0 Å². The van der Waals surface area contributed by atoms with E-state index in [4.69, 9.17) is 0 Å². The molecule has 4 fully saturated rings. The Balaban J connectivity index is 0.00000266. The van der Waals surface area contributed by atoms with Gasteiger partial charge in [-0.2, -0.15) is 0 Å². The Hall–Kier alpha value is -3.61. The second-order valence-electron chi connectivity index (χ2n) is 22.8. The fourth-order valence-corrected chi connectivity index (χ4v) is 22.8. The van der Waals surface area contributed by atoms with E-state index in [1.165, 1.54) is 92.9 Å². The van der Waals surface area contributed by atoms with Crippen LogP contribution in [0.2, 0.25) is 0 Å². The maximum atomic E-state index is 2.88. The zero-order valence-electron chi connectivity index (χ0n) is 40.0. The van der Waals surface area contributed by atoms with Crippen molar-refractivity contribution in [1.82, 2.24) is 0 Å². The number of fused-ring (bicyclic) bond motifs is 4. The van der Waals surface area contributed by atoms with Crippen molar-refractivity contribution in [3.63, 3.8) is 0 Å². The van der Waals surface area contributed by atoms with Gasteiger partial charge in [0.1, 0.15) is 0 Å². The molecule has 0 amide bonds. The van der Waals surface area contributed by atoms with Crippen molar-refractivity contribution in [2.75, 3.05) is 0 Å². The van der Waals surface area contributed by atoms with Crippen LogP contribution < -0.4 is 24.8 Å². The topological polar surface area (TPSA) is 0 Å². The molecule has 6 aromatic rings. The molecule has 0 heterocycles. The molecule has 6 aliphatic carbocycles. The molecule has 65 heavy (non-hydrogen) atoms. The van der Waals surface area contributed by atoms with Gasteiger partial charge in [-0.25, -0.2) is 0 Å². The van der Waals surface area contributed by atoms with Gasteiger partial charge in [0, 0.05) is 0 Å². The second-order valence-corrected chi connectivity index (χ2v) is 29.5. The van der Waals surface area contributed by atoms with E-state index in [2.05, 4.69) is 202 Å². The summed E-state index contributed by atoms with van der Waals surface area (Å²) in [7, 11) is 0. The molecule has 3 heteroatoms. The van der Waals surface area contributed by atoms with Gasteiger partial charge in [0.2, 0.25) is 0 Å². The Morgan fingerprint density at radius 2 is 1.03 bits per heavy atom. The Morgan fingerprint density at radius 3 is 1.52 bits per heavy atom. The Kier molecular flexibility index (Phi) is 12.3. The van der Waals surface area contributed by atoms with E-state index in [0.717, 1.165) is 23.7 Å². The van der Waals surface area contributed by atoms with E-state index in [0.29, 0.717) is 15.0 Å². The van der Waals surface area contributed by atoms with E-state index < -0.39 is 21.3 Å². The molecule has 332 valence electrons. The van der Waals surface area contributed by atoms with Gasteiger partial charge < -0.3 is 24.8 Å². The number of hydrogen-bond acceptors (Lipinski definition) is 0. The number of allylic oxidation sites excluding steroid dienone is 4. The largest absolute Gasteiger partial charge is 1.00 e. The SMILES string of the molecule is C/[C](c1ccc2ccccc2c1)=[Zr+2](/[C]1=CC(C2(C)C3CC4CC(C3)CC2C4)=CC1C)[CH]1c2cc(-c3ccccc3)c(C(C)(C)C)cc2-c2cc(C(C)(C)C)c(-c3ccccc3)cc21.[Cl-].[Cl-]. The van der Waals surface area contributed by atoms with Crippen molar-refractivity contribution in [2.45, 2.75) is 109 Å². The van der Waals surface area contributed by atoms with Crippen molar-refractivity contribution in [3.8, 4) is 33.4 Å². The monoisotopic (exact) mass is 970 g/mol. The summed E-state index contributed by atoms with van der Waals surface area (Å²) in [5.41, 5.74) is 17.8. The number of hydrogen-bond donors (Lipinski definition) is 0. The molecule has 6 aliphatic rings. The average Bonchev–Trinajstić information content (AvgIpc) is 3.81. The van der Waals surface area contributed by atoms with Gasteiger partial charge in [0.15, 0.2) is 0 Å². The maximum absolute atomic E-state index is 2.97. The first-order valence-electron chi connectivity index (χ1n) is 24.3. The molecule has 0 aromatic heterocycles. The van der Waals surface area contributed by atoms with Gasteiger partial charge in [0.25, 0.3) is 0 Å². The van der Waals surface area contributed by atoms with Gasteiger partial charge in [-0.15, -0.1) is 0 Å². The quantitative estimate of drug-likeness (QED) is 0.156. The fourth-order valence-electron chi connectivity index (χ4n) is 13.8. The predicted octanol–water partition coefficient (Wildman–Crippen LogP) is 10.6. The van der Waals surface area contributed by atoms with Gasteiger partial charge >= 0.3 is 389 Å². The summed E-state index contributed by atoms with van der Waals surface area (Å²) >= 11 is -2.97. The zero-order chi connectivity index (χ0) is 43.6. The first kappa shape index (κ1) is 46.5. The molecule has 0 saturated heterocycles. The molecule has 4 bridgehead atoms. The van der Waals surface area contributed by atoms with E-state index in [-0.39, 0.29) is 35.6 Å². The summed E-state index contributed by atoms with van der Waals surface area (Å²) in [5.74, 6) is 4.05. The number of benzene rings is 6. The molecule has 6 aromatic carbocycles. The smallest absolute Gasteiger partial charge is 1.00 e. The fraction of sp³-hybridized carbons (Fsp3) is 0.371. The van der Waals surface area contributed by atoms with Crippen LogP contribution in [0, 0.1) is 35.0 Å². The van der Waals surface area contributed by atoms with Crippen LogP contribution in [0.25, 0.3) is 44.2 Å². The van der Waals surface area contributed by atoms with Crippen molar-refractivity contribution in [1.29, 1.82) is 0 Å². The van der Waals surface area contributed by atoms with Crippen molar-refractivity contribution < 1.29 is 46.1 Å². The van der Waals surface area contributed by atoms with Crippen LogP contribution in [-0.4, -0.2) is 3.21 Å². The summed E-state index contributed by atoms with van der Waals surface area (Å²) in [5, 5.41) is 2.67. The summed E-state index contributed by atoms with van der Waals surface area (Å²) in [6.07, 6.45) is 13.0. The first-order valence-corrected chi connectivity index (χ1v) is 28.2. The minimum Gasteiger partial charge on any atom is -1.00 e. The minimum absolute atomic E-state index is 0. The van der Waals surface area contributed by atoms with Crippen molar-refractivity contribution in [2.24, 2.45) is 35.0 Å². The third-order valence-electron chi connectivity index (χ3n) is 17.0. The van der Waals surface area contributed by atoms with Crippen LogP contribution in [0.4, 0.5) is 0 Å². The molecule has 0 aliphatic heterocycles. The summed E-state index contributed by atoms with van der Waals surface area (Å²) in [6, 6.07) is 49.7. The Bertz CT molecular complexity index is 2760. The van der Waals surface area contributed by atoms with Gasteiger partial charge in [-0.1, -0.05) is 0 Å². The predicted molar refractivity (Wildman–Crippen MR) is 266 cm³/mol. The van der Waals surface area contributed by atoms with Gasteiger partial charge in [0.05, 0.1) is 0 Å². The minimum atomic E-state index is -2.97. The molecular formula is C62H66Cl2Zr. The van der Waals surface area contributed by atoms with Crippen LogP contribution in [0.1, 0.15) is 126 Å². The van der Waals surface area contributed by atoms with Crippen LogP contribution in [0.3, 0.4) is 0 Å². The first-order chi connectivity index (χ1) is 30.2. The van der Waals surface area contributed by atoms with Crippen LogP contribution >= 0.6 is 0 Å². The van der Waals surface area contributed by atoms with Gasteiger partial charge in [-0.3, -0.25) is 0 Å². The zero-order valence-corrected chi connectivity index (χ0v) is 44.0. The summed E-state index contributed by atoms with van der Waals surface area (Å²) < 4.78 is 3.82. The van der Waals surface area contributed by atoms with E-state index in [1.807, 2.05) is 0 Å². The third kappa shape index (κ3) is 7.81. The molecule has 0 nitrogen and oxygen atoms in total. The third-order valence-corrected chi connectivity index (χ3v) is 25.6. The Morgan fingerprint density at radius 1 is 0.554 bits per heavy atom. The van der Waals surface area contributed by atoms with E-state index >= 15 is 0 Å². The molecule has 0 radical (unpaired) electrons. The maximum Gasteiger partial charge on any atom is -1.00 e. The number of halogens is 2. The average molecular weight is 973 g/mol. The molecule has 0 N–H and O–H groups in total. The molecule has 1 atom stereocenters. The molecule has 4 saturated carbocycles. The van der Waals surface area contributed by atoms with E-state index in [1.54, 1.807) is 23.2 Å². The van der Waals surface area contributed by atoms with Gasteiger partial charge in [-0.05, 0) is 0 Å². The molecule has 0 spiro atoms. The van der Waals surface area contributed by atoms with Crippen LogP contribution in [-0.2, 0) is 32.1 Å².